The van der Waals surface area contributed by atoms with E-state index >= 15 is 0 Å². The molecule has 0 fully saturated rings. The van der Waals surface area contributed by atoms with Gasteiger partial charge in [-0.05, 0) is 36.4 Å². The quantitative estimate of drug-likeness (QED) is 0.772. The lowest BCUT2D eigenvalue weighted by Gasteiger charge is -2.07. The van der Waals surface area contributed by atoms with Crippen LogP contribution in [-0.2, 0) is 0 Å². The number of hydrogen-bond donors (Lipinski definition) is 2. The van der Waals surface area contributed by atoms with Crippen molar-refractivity contribution < 1.29 is 4.79 Å². The monoisotopic (exact) mass is 238 g/mol. The number of benzene rings is 1. The number of carbonyl (C=O) groups excluding carboxylic acids is 1. The van der Waals surface area contributed by atoms with Gasteiger partial charge < -0.3 is 10.6 Å². The van der Waals surface area contributed by atoms with Crippen molar-refractivity contribution in [3.05, 3.63) is 24.3 Å². The first-order valence-electron chi connectivity index (χ1n) is 5.54. The number of rotatable bonds is 5. The molecule has 0 aliphatic rings. The molecule has 16 heavy (non-hydrogen) atoms. The Balaban J connectivity index is 2.45. The largest absolute Gasteiger partial charge is 0.338 e. The molecule has 2 amide bonds. The molecule has 2 N–H and O–H groups in total. The van der Waals surface area contributed by atoms with Gasteiger partial charge in [0.15, 0.2) is 0 Å². The van der Waals surface area contributed by atoms with Crippen molar-refractivity contribution in [1.29, 1.82) is 0 Å². The third-order valence-electron chi connectivity index (χ3n) is 1.96. The molecule has 4 heteroatoms. The molecule has 0 saturated carbocycles. The van der Waals surface area contributed by atoms with Crippen LogP contribution in [0.1, 0.15) is 20.3 Å². The van der Waals surface area contributed by atoms with Crippen molar-refractivity contribution in [1.82, 2.24) is 5.32 Å². The van der Waals surface area contributed by atoms with Crippen LogP contribution in [0.2, 0.25) is 0 Å². The minimum absolute atomic E-state index is 0.141. The van der Waals surface area contributed by atoms with E-state index in [9.17, 15) is 4.79 Å². The van der Waals surface area contributed by atoms with Crippen molar-refractivity contribution in [2.45, 2.75) is 25.2 Å². The molecule has 0 unspecified atom stereocenters. The Morgan fingerprint density at radius 1 is 1.25 bits per heavy atom. The zero-order chi connectivity index (χ0) is 11.8. The van der Waals surface area contributed by atoms with Gasteiger partial charge in [0, 0.05) is 17.1 Å². The number of amides is 2. The summed E-state index contributed by atoms with van der Waals surface area (Å²) in [4.78, 5) is 12.6. The van der Waals surface area contributed by atoms with Crippen molar-refractivity contribution in [2.75, 3.05) is 17.6 Å². The fourth-order valence-corrected chi connectivity index (χ4v) is 1.88. The molecule has 0 aromatic heterocycles. The molecule has 0 bridgehead atoms. The number of hydrogen-bond acceptors (Lipinski definition) is 2. The van der Waals surface area contributed by atoms with E-state index in [2.05, 4.69) is 17.6 Å². The molecule has 0 aliphatic heterocycles. The molecule has 0 saturated heterocycles. The number of nitrogens with one attached hydrogen (secondary N) is 2. The Morgan fingerprint density at radius 3 is 2.50 bits per heavy atom. The molecule has 1 aromatic carbocycles. The van der Waals surface area contributed by atoms with Gasteiger partial charge in [0.1, 0.15) is 0 Å². The summed E-state index contributed by atoms with van der Waals surface area (Å²) in [5.41, 5.74) is 0.828. The summed E-state index contributed by atoms with van der Waals surface area (Å²) in [6.07, 6.45) is 0.944. The van der Waals surface area contributed by atoms with E-state index in [-0.39, 0.29) is 6.03 Å². The molecule has 0 radical (unpaired) electrons. The molecule has 0 aliphatic carbocycles. The van der Waals surface area contributed by atoms with Crippen LogP contribution in [0.5, 0.6) is 0 Å². The lowest BCUT2D eigenvalue weighted by Crippen LogP contribution is -2.29. The maximum Gasteiger partial charge on any atom is 0.319 e. The first-order valence-corrected chi connectivity index (χ1v) is 6.52. The second-order valence-corrected chi connectivity index (χ2v) is 4.68. The first-order chi connectivity index (χ1) is 7.76. The highest BCUT2D eigenvalue weighted by atomic mass is 32.2. The SMILES string of the molecule is CCCNC(=O)Nc1ccc(SCC)cc1. The van der Waals surface area contributed by atoms with Gasteiger partial charge in [0.2, 0.25) is 0 Å². The molecular weight excluding hydrogens is 220 g/mol. The van der Waals surface area contributed by atoms with E-state index in [1.165, 1.54) is 4.90 Å². The normalized spacial score (nSPS) is 9.88. The molecule has 1 rings (SSSR count). The van der Waals surface area contributed by atoms with Crippen LogP contribution >= 0.6 is 11.8 Å². The van der Waals surface area contributed by atoms with Crippen LogP contribution in [0.15, 0.2) is 29.2 Å². The van der Waals surface area contributed by atoms with Crippen LogP contribution < -0.4 is 10.6 Å². The molecule has 0 spiro atoms. The summed E-state index contributed by atoms with van der Waals surface area (Å²) in [6, 6.07) is 7.73. The van der Waals surface area contributed by atoms with Gasteiger partial charge in [-0.15, -0.1) is 11.8 Å². The topological polar surface area (TPSA) is 41.1 Å². The third kappa shape index (κ3) is 4.57. The Labute approximate surface area is 101 Å². The second-order valence-electron chi connectivity index (χ2n) is 3.34. The van der Waals surface area contributed by atoms with Crippen LogP contribution in [0.25, 0.3) is 0 Å². The lowest BCUT2D eigenvalue weighted by atomic mass is 10.3. The molecule has 0 atom stereocenters. The molecule has 3 nitrogen and oxygen atoms in total. The van der Waals surface area contributed by atoms with Gasteiger partial charge in [-0.2, -0.15) is 0 Å². The van der Waals surface area contributed by atoms with Gasteiger partial charge >= 0.3 is 6.03 Å². The first kappa shape index (κ1) is 12.9. The van der Waals surface area contributed by atoms with E-state index in [0.29, 0.717) is 6.54 Å². The van der Waals surface area contributed by atoms with E-state index in [1.54, 1.807) is 11.8 Å². The van der Waals surface area contributed by atoms with Gasteiger partial charge in [-0.3, -0.25) is 0 Å². The van der Waals surface area contributed by atoms with Gasteiger partial charge in [-0.1, -0.05) is 13.8 Å². The highest BCUT2D eigenvalue weighted by molar-refractivity contribution is 7.99. The summed E-state index contributed by atoms with van der Waals surface area (Å²) in [5, 5.41) is 5.55. The number of carbonyl (C=O) groups is 1. The second kappa shape index (κ2) is 7.17. The summed E-state index contributed by atoms with van der Waals surface area (Å²) < 4.78 is 0. The van der Waals surface area contributed by atoms with E-state index in [4.69, 9.17) is 0 Å². The van der Waals surface area contributed by atoms with Crippen molar-refractivity contribution in [3.8, 4) is 0 Å². The maximum atomic E-state index is 11.4. The Kier molecular flexibility index (Phi) is 5.78. The van der Waals surface area contributed by atoms with Crippen LogP contribution in [0.4, 0.5) is 10.5 Å². The smallest absolute Gasteiger partial charge is 0.319 e. The lowest BCUT2D eigenvalue weighted by molar-refractivity contribution is 0.252. The van der Waals surface area contributed by atoms with Crippen molar-refractivity contribution >= 4 is 23.5 Å². The summed E-state index contributed by atoms with van der Waals surface area (Å²) >= 11 is 1.79. The predicted molar refractivity (Wildman–Crippen MR) is 70.2 cm³/mol. The summed E-state index contributed by atoms with van der Waals surface area (Å²) in [6.45, 7) is 4.85. The Bertz CT molecular complexity index is 324. The highest BCUT2D eigenvalue weighted by Crippen LogP contribution is 2.19. The number of anilines is 1. The van der Waals surface area contributed by atoms with Crippen molar-refractivity contribution in [2.24, 2.45) is 0 Å². The zero-order valence-corrected chi connectivity index (χ0v) is 10.6. The van der Waals surface area contributed by atoms with E-state index < -0.39 is 0 Å². The fourth-order valence-electron chi connectivity index (χ4n) is 1.21. The third-order valence-corrected chi connectivity index (χ3v) is 2.85. The summed E-state index contributed by atoms with van der Waals surface area (Å²) in [7, 11) is 0. The van der Waals surface area contributed by atoms with Gasteiger partial charge in [0.25, 0.3) is 0 Å². The van der Waals surface area contributed by atoms with Gasteiger partial charge in [-0.25, -0.2) is 4.79 Å². The summed E-state index contributed by atoms with van der Waals surface area (Å²) in [5.74, 6) is 1.06. The number of urea groups is 1. The Hall–Kier alpha value is -1.16. The maximum absolute atomic E-state index is 11.4. The number of thioether (sulfide) groups is 1. The molecule has 0 heterocycles. The van der Waals surface area contributed by atoms with Crippen LogP contribution in [0.3, 0.4) is 0 Å². The standard InChI is InChI=1S/C12H18N2OS/c1-3-9-13-12(15)14-10-5-7-11(8-6-10)16-4-2/h5-8H,3-4,9H2,1-2H3,(H2,13,14,15). The molecule has 1 aromatic rings. The Morgan fingerprint density at radius 2 is 1.94 bits per heavy atom. The van der Waals surface area contributed by atoms with E-state index in [0.717, 1.165) is 17.9 Å². The van der Waals surface area contributed by atoms with Crippen LogP contribution in [0, 0.1) is 0 Å². The predicted octanol–water partition coefficient (Wildman–Crippen LogP) is 3.33. The fraction of sp³-hybridized carbons (Fsp3) is 0.417. The average Bonchev–Trinajstić information content (AvgIpc) is 2.29. The van der Waals surface area contributed by atoms with E-state index in [1.807, 2.05) is 31.2 Å². The minimum atomic E-state index is -0.141. The highest BCUT2D eigenvalue weighted by Gasteiger charge is 1.99. The molecular formula is C12H18N2OS. The minimum Gasteiger partial charge on any atom is -0.338 e. The van der Waals surface area contributed by atoms with Crippen molar-refractivity contribution in [3.63, 3.8) is 0 Å². The zero-order valence-electron chi connectivity index (χ0n) is 9.75. The van der Waals surface area contributed by atoms with Crippen LogP contribution in [-0.4, -0.2) is 18.3 Å². The molecule has 88 valence electrons. The van der Waals surface area contributed by atoms with Gasteiger partial charge in [0.05, 0.1) is 0 Å². The average molecular weight is 238 g/mol.